The summed E-state index contributed by atoms with van der Waals surface area (Å²) in [5.41, 5.74) is 8.49. The predicted octanol–water partition coefficient (Wildman–Crippen LogP) is 3.97. The van der Waals surface area contributed by atoms with E-state index in [2.05, 4.69) is 43.3 Å². The summed E-state index contributed by atoms with van der Waals surface area (Å²) in [5, 5.41) is 0. The molecule has 96 valence electrons. The molecule has 1 aromatic heterocycles. The standard InChI is InChI=1S/C15H19NOS/c1-3-13(16)15-8-7-14(18-15)12-6-4-5-11(9-12)10-17-2/h4-9,13H,3,10,16H2,1-2H3. The fraction of sp³-hybridized carbons (Fsp3) is 0.333. The van der Waals surface area contributed by atoms with E-state index < -0.39 is 0 Å². The number of thiophene rings is 1. The lowest BCUT2D eigenvalue weighted by Gasteiger charge is -2.05. The lowest BCUT2D eigenvalue weighted by atomic mass is 10.1. The van der Waals surface area contributed by atoms with E-state index in [-0.39, 0.29) is 6.04 Å². The van der Waals surface area contributed by atoms with Crippen LogP contribution in [-0.4, -0.2) is 7.11 Å². The quantitative estimate of drug-likeness (QED) is 0.883. The van der Waals surface area contributed by atoms with E-state index in [0.717, 1.165) is 6.42 Å². The highest BCUT2D eigenvalue weighted by Crippen LogP contribution is 2.32. The van der Waals surface area contributed by atoms with E-state index in [1.54, 1.807) is 18.4 Å². The maximum Gasteiger partial charge on any atom is 0.0713 e. The Kier molecular flexibility index (Phi) is 4.53. The first-order valence-electron chi connectivity index (χ1n) is 6.18. The molecular formula is C15H19NOS. The van der Waals surface area contributed by atoms with Gasteiger partial charge in [-0.2, -0.15) is 0 Å². The van der Waals surface area contributed by atoms with Gasteiger partial charge in [-0.25, -0.2) is 0 Å². The molecule has 2 rings (SSSR count). The van der Waals surface area contributed by atoms with Gasteiger partial charge in [0.1, 0.15) is 0 Å². The van der Waals surface area contributed by atoms with Crippen molar-refractivity contribution in [2.75, 3.05) is 7.11 Å². The van der Waals surface area contributed by atoms with Crippen LogP contribution in [0.2, 0.25) is 0 Å². The Labute approximate surface area is 112 Å². The summed E-state index contributed by atoms with van der Waals surface area (Å²) in [6.45, 7) is 2.77. The van der Waals surface area contributed by atoms with Crippen LogP contribution in [0.3, 0.4) is 0 Å². The van der Waals surface area contributed by atoms with Crippen LogP contribution in [0.5, 0.6) is 0 Å². The van der Waals surface area contributed by atoms with E-state index in [0.29, 0.717) is 6.61 Å². The van der Waals surface area contributed by atoms with Gasteiger partial charge in [0.05, 0.1) is 6.61 Å². The molecule has 0 fully saturated rings. The van der Waals surface area contributed by atoms with Gasteiger partial charge in [-0.15, -0.1) is 11.3 Å². The zero-order valence-electron chi connectivity index (χ0n) is 10.8. The van der Waals surface area contributed by atoms with Crippen molar-refractivity contribution in [2.45, 2.75) is 26.0 Å². The monoisotopic (exact) mass is 261 g/mol. The molecule has 0 aliphatic rings. The van der Waals surface area contributed by atoms with Gasteiger partial charge >= 0.3 is 0 Å². The molecule has 1 unspecified atom stereocenters. The first kappa shape index (κ1) is 13.3. The van der Waals surface area contributed by atoms with Crippen LogP contribution in [0.15, 0.2) is 36.4 Å². The van der Waals surface area contributed by atoms with E-state index in [4.69, 9.17) is 10.5 Å². The highest BCUT2D eigenvalue weighted by atomic mass is 32.1. The Hall–Kier alpha value is -1.16. The minimum Gasteiger partial charge on any atom is -0.380 e. The summed E-state index contributed by atoms with van der Waals surface area (Å²) in [5.74, 6) is 0. The number of hydrogen-bond acceptors (Lipinski definition) is 3. The summed E-state index contributed by atoms with van der Waals surface area (Å²) >= 11 is 1.78. The summed E-state index contributed by atoms with van der Waals surface area (Å²) < 4.78 is 5.16. The van der Waals surface area contributed by atoms with E-state index in [1.807, 2.05) is 0 Å². The third-order valence-electron chi connectivity index (χ3n) is 2.95. The van der Waals surface area contributed by atoms with E-state index >= 15 is 0 Å². The van der Waals surface area contributed by atoms with Gasteiger partial charge in [0.25, 0.3) is 0 Å². The number of methoxy groups -OCH3 is 1. The van der Waals surface area contributed by atoms with Gasteiger partial charge in [-0.05, 0) is 35.7 Å². The average molecular weight is 261 g/mol. The number of ether oxygens (including phenoxy) is 1. The van der Waals surface area contributed by atoms with Crippen LogP contribution < -0.4 is 5.73 Å². The molecule has 2 nitrogen and oxygen atoms in total. The first-order chi connectivity index (χ1) is 8.74. The summed E-state index contributed by atoms with van der Waals surface area (Å²) in [7, 11) is 1.72. The van der Waals surface area contributed by atoms with Crippen molar-refractivity contribution < 1.29 is 4.74 Å². The van der Waals surface area contributed by atoms with Crippen molar-refractivity contribution in [3.8, 4) is 10.4 Å². The van der Waals surface area contributed by atoms with Crippen molar-refractivity contribution in [2.24, 2.45) is 5.73 Å². The maximum atomic E-state index is 6.05. The minimum absolute atomic E-state index is 0.158. The summed E-state index contributed by atoms with van der Waals surface area (Å²) in [6, 6.07) is 12.9. The maximum absolute atomic E-state index is 6.05. The number of rotatable bonds is 5. The van der Waals surface area contributed by atoms with Crippen LogP contribution in [0.25, 0.3) is 10.4 Å². The number of benzene rings is 1. The van der Waals surface area contributed by atoms with Crippen LogP contribution >= 0.6 is 11.3 Å². The second-order valence-electron chi connectivity index (χ2n) is 4.35. The Morgan fingerprint density at radius 1 is 1.28 bits per heavy atom. The van der Waals surface area contributed by atoms with Crippen molar-refractivity contribution >= 4 is 11.3 Å². The van der Waals surface area contributed by atoms with Gasteiger partial charge in [0.2, 0.25) is 0 Å². The number of hydrogen-bond donors (Lipinski definition) is 1. The van der Waals surface area contributed by atoms with E-state index in [1.165, 1.54) is 20.9 Å². The summed E-state index contributed by atoms with van der Waals surface area (Å²) in [4.78, 5) is 2.52. The molecule has 18 heavy (non-hydrogen) atoms. The fourth-order valence-corrected chi connectivity index (χ4v) is 2.98. The molecule has 0 aliphatic carbocycles. The lowest BCUT2D eigenvalue weighted by Crippen LogP contribution is -2.05. The van der Waals surface area contributed by atoms with Crippen molar-refractivity contribution in [1.82, 2.24) is 0 Å². The molecular weight excluding hydrogens is 242 g/mol. The molecule has 3 heteroatoms. The molecule has 2 aromatic rings. The van der Waals surface area contributed by atoms with Gasteiger partial charge in [0, 0.05) is 22.9 Å². The molecule has 0 bridgehead atoms. The Balaban J connectivity index is 2.25. The third-order valence-corrected chi connectivity index (χ3v) is 4.22. The predicted molar refractivity (Wildman–Crippen MR) is 77.7 cm³/mol. The Morgan fingerprint density at radius 2 is 2.11 bits per heavy atom. The summed E-state index contributed by atoms with van der Waals surface area (Å²) in [6.07, 6.45) is 0.976. The zero-order valence-corrected chi connectivity index (χ0v) is 11.7. The smallest absolute Gasteiger partial charge is 0.0713 e. The molecule has 0 radical (unpaired) electrons. The molecule has 2 N–H and O–H groups in total. The molecule has 0 saturated carbocycles. The van der Waals surface area contributed by atoms with Gasteiger partial charge in [-0.3, -0.25) is 0 Å². The molecule has 0 amide bonds. The van der Waals surface area contributed by atoms with Crippen LogP contribution in [0, 0.1) is 0 Å². The topological polar surface area (TPSA) is 35.2 Å². The molecule has 1 atom stereocenters. The van der Waals surface area contributed by atoms with Crippen molar-refractivity contribution in [3.05, 3.63) is 46.8 Å². The second kappa shape index (κ2) is 6.14. The molecule has 0 saturated heterocycles. The van der Waals surface area contributed by atoms with Crippen molar-refractivity contribution in [1.29, 1.82) is 0 Å². The SMILES string of the molecule is CCC(N)c1ccc(-c2cccc(COC)c2)s1. The Morgan fingerprint density at radius 3 is 2.83 bits per heavy atom. The third kappa shape index (κ3) is 2.99. The zero-order chi connectivity index (χ0) is 13.0. The molecule has 0 aliphatic heterocycles. The van der Waals surface area contributed by atoms with Crippen molar-refractivity contribution in [3.63, 3.8) is 0 Å². The van der Waals surface area contributed by atoms with Crippen LogP contribution in [0.4, 0.5) is 0 Å². The lowest BCUT2D eigenvalue weighted by molar-refractivity contribution is 0.185. The van der Waals surface area contributed by atoms with Gasteiger partial charge < -0.3 is 10.5 Å². The van der Waals surface area contributed by atoms with Crippen LogP contribution in [0.1, 0.15) is 29.8 Å². The molecule has 1 heterocycles. The Bertz CT molecular complexity index is 507. The minimum atomic E-state index is 0.158. The first-order valence-corrected chi connectivity index (χ1v) is 6.99. The van der Waals surface area contributed by atoms with E-state index in [9.17, 15) is 0 Å². The molecule has 0 spiro atoms. The van der Waals surface area contributed by atoms with Gasteiger partial charge in [-0.1, -0.05) is 25.1 Å². The molecule has 1 aromatic carbocycles. The fourth-order valence-electron chi connectivity index (χ4n) is 1.89. The second-order valence-corrected chi connectivity index (χ2v) is 5.47. The van der Waals surface area contributed by atoms with Crippen LogP contribution in [-0.2, 0) is 11.3 Å². The highest BCUT2D eigenvalue weighted by Gasteiger charge is 2.08. The highest BCUT2D eigenvalue weighted by molar-refractivity contribution is 7.15. The largest absolute Gasteiger partial charge is 0.380 e. The average Bonchev–Trinajstić information content (AvgIpc) is 2.88. The normalized spacial score (nSPS) is 12.6. The van der Waals surface area contributed by atoms with Gasteiger partial charge in [0.15, 0.2) is 0 Å². The number of nitrogens with two attached hydrogens (primary N) is 1.